The van der Waals surface area contributed by atoms with Crippen LogP contribution in [0, 0.1) is 0 Å². The van der Waals surface area contributed by atoms with Gasteiger partial charge in [0.25, 0.3) is 0 Å². The average molecular weight is 454 g/mol. The van der Waals surface area contributed by atoms with Crippen molar-refractivity contribution in [2.75, 3.05) is 10.6 Å². The molecule has 170 valence electrons. The second-order valence-corrected chi connectivity index (χ2v) is 7.16. The fourth-order valence-electron chi connectivity index (χ4n) is 2.86. The van der Waals surface area contributed by atoms with E-state index in [2.05, 4.69) is 20.6 Å². The van der Waals surface area contributed by atoms with Gasteiger partial charge >= 0.3 is 12.4 Å². The molecule has 0 fully saturated rings. The molecule has 0 radical (unpaired) electrons. The molecule has 2 aromatic carbocycles. The zero-order valence-electron chi connectivity index (χ0n) is 17.1. The Labute approximate surface area is 180 Å². The monoisotopic (exact) mass is 454 g/mol. The Morgan fingerprint density at radius 1 is 0.875 bits per heavy atom. The molecule has 0 saturated carbocycles. The van der Waals surface area contributed by atoms with Gasteiger partial charge in [-0.05, 0) is 31.5 Å². The summed E-state index contributed by atoms with van der Waals surface area (Å²) >= 11 is 0. The van der Waals surface area contributed by atoms with E-state index in [4.69, 9.17) is 0 Å². The topological polar surface area (TPSA) is 49.8 Å². The van der Waals surface area contributed by atoms with Crippen LogP contribution in [0.25, 0.3) is 11.3 Å². The number of hydrogen-bond donors (Lipinski definition) is 2. The smallest absolute Gasteiger partial charge is 0.352 e. The van der Waals surface area contributed by atoms with E-state index in [1.165, 1.54) is 6.07 Å². The third kappa shape index (κ3) is 5.68. The Morgan fingerprint density at radius 3 is 2.16 bits per heavy atom. The van der Waals surface area contributed by atoms with Gasteiger partial charge in [-0.3, -0.25) is 0 Å². The van der Waals surface area contributed by atoms with Crippen molar-refractivity contribution < 1.29 is 26.3 Å². The first-order chi connectivity index (χ1) is 15.0. The maximum Gasteiger partial charge on any atom is 0.418 e. The summed E-state index contributed by atoms with van der Waals surface area (Å²) < 4.78 is 79.4. The summed E-state index contributed by atoms with van der Waals surface area (Å²) in [4.78, 5) is 8.63. The number of halogens is 6. The lowest BCUT2D eigenvalue weighted by Crippen LogP contribution is -2.17. The van der Waals surface area contributed by atoms with Gasteiger partial charge in [0.15, 0.2) is 0 Å². The van der Waals surface area contributed by atoms with Crippen molar-refractivity contribution in [3.05, 3.63) is 65.7 Å². The zero-order chi connectivity index (χ0) is 23.5. The minimum absolute atomic E-state index is 0.00863. The van der Waals surface area contributed by atoms with Crippen LogP contribution in [0.3, 0.4) is 0 Å². The van der Waals surface area contributed by atoms with Crippen molar-refractivity contribution in [2.24, 2.45) is 0 Å². The van der Waals surface area contributed by atoms with Crippen LogP contribution in [0.1, 0.15) is 31.4 Å². The lowest BCUT2D eigenvalue weighted by atomic mass is 10.1. The molecule has 0 unspecified atom stereocenters. The Kier molecular flexibility index (Phi) is 6.61. The predicted octanol–water partition coefficient (Wildman–Crippen LogP) is 7.14. The zero-order valence-corrected chi connectivity index (χ0v) is 17.1. The number of nitrogens with one attached hydrogen (secondary N) is 2. The number of hydrogen-bond acceptors (Lipinski definition) is 4. The highest BCUT2D eigenvalue weighted by atomic mass is 19.4. The largest absolute Gasteiger partial charge is 0.418 e. The van der Waals surface area contributed by atoms with Crippen molar-refractivity contribution in [1.82, 2.24) is 9.97 Å². The molecule has 0 saturated heterocycles. The van der Waals surface area contributed by atoms with E-state index in [1.807, 2.05) is 13.8 Å². The van der Waals surface area contributed by atoms with Gasteiger partial charge in [0.2, 0.25) is 5.95 Å². The number of anilines is 3. The molecule has 3 rings (SSSR count). The molecule has 2 N–H and O–H groups in total. The molecule has 0 spiro atoms. The first-order valence-electron chi connectivity index (χ1n) is 9.74. The third-order valence-corrected chi connectivity index (χ3v) is 4.70. The van der Waals surface area contributed by atoms with Gasteiger partial charge in [0.1, 0.15) is 5.82 Å². The van der Waals surface area contributed by atoms with Crippen LogP contribution in [0.15, 0.2) is 54.6 Å². The number of aromatic nitrogens is 2. The summed E-state index contributed by atoms with van der Waals surface area (Å²) in [5, 5.41) is 5.59. The van der Waals surface area contributed by atoms with Crippen molar-refractivity contribution >= 4 is 17.5 Å². The molecule has 0 amide bonds. The normalized spacial score (nSPS) is 13.0. The predicted molar refractivity (Wildman–Crippen MR) is 111 cm³/mol. The number of rotatable bonds is 6. The standard InChI is InChI=1S/C22H20F6N4/c1-3-13(2)29-20-31-18(14-7-5-4-6-8-14)12-19(32-20)30-17-10-9-15(21(23,24)25)11-16(17)22(26,27)28/h4-13H,3H2,1-2H3,(H2,29,30,31,32)/t13-/m1/s1. The number of nitrogens with zero attached hydrogens (tertiary/aromatic N) is 2. The summed E-state index contributed by atoms with van der Waals surface area (Å²) in [5.41, 5.74) is -2.23. The maximum atomic E-state index is 13.5. The number of alkyl halides is 6. The Balaban J connectivity index is 2.07. The lowest BCUT2D eigenvalue weighted by molar-refractivity contribution is -0.142. The minimum Gasteiger partial charge on any atom is -0.352 e. The lowest BCUT2D eigenvalue weighted by Gasteiger charge is -2.18. The van der Waals surface area contributed by atoms with Crippen molar-refractivity contribution in [1.29, 1.82) is 0 Å². The van der Waals surface area contributed by atoms with Crippen molar-refractivity contribution in [3.8, 4) is 11.3 Å². The second-order valence-electron chi connectivity index (χ2n) is 7.16. The highest BCUT2D eigenvalue weighted by Gasteiger charge is 2.38. The van der Waals surface area contributed by atoms with E-state index < -0.39 is 29.2 Å². The molecule has 1 atom stereocenters. The van der Waals surface area contributed by atoms with Gasteiger partial charge in [-0.15, -0.1) is 0 Å². The van der Waals surface area contributed by atoms with Crippen LogP contribution < -0.4 is 10.6 Å². The molecular formula is C22H20F6N4. The van der Waals surface area contributed by atoms with Gasteiger partial charge in [0, 0.05) is 17.7 Å². The van der Waals surface area contributed by atoms with Gasteiger partial charge in [-0.25, -0.2) is 4.98 Å². The maximum absolute atomic E-state index is 13.5. The average Bonchev–Trinajstić information content (AvgIpc) is 2.73. The Bertz CT molecular complexity index is 1060. The second kappa shape index (κ2) is 9.05. The van der Waals surface area contributed by atoms with Crippen molar-refractivity contribution in [3.63, 3.8) is 0 Å². The fraction of sp³-hybridized carbons (Fsp3) is 0.273. The van der Waals surface area contributed by atoms with E-state index >= 15 is 0 Å². The summed E-state index contributed by atoms with van der Waals surface area (Å²) in [6.45, 7) is 3.83. The summed E-state index contributed by atoms with van der Waals surface area (Å²) in [5.74, 6) is 0.193. The van der Waals surface area contributed by atoms with E-state index in [1.54, 1.807) is 30.3 Å². The molecule has 1 heterocycles. The van der Waals surface area contributed by atoms with E-state index in [9.17, 15) is 26.3 Å². The first kappa shape index (κ1) is 23.4. The van der Waals surface area contributed by atoms with Crippen LogP contribution in [-0.4, -0.2) is 16.0 Å². The molecule has 4 nitrogen and oxygen atoms in total. The quantitative estimate of drug-likeness (QED) is 0.389. The van der Waals surface area contributed by atoms with Crippen LogP contribution in [0.2, 0.25) is 0 Å². The molecule has 10 heteroatoms. The minimum atomic E-state index is -5.00. The fourth-order valence-corrected chi connectivity index (χ4v) is 2.86. The Morgan fingerprint density at radius 2 is 1.56 bits per heavy atom. The number of benzene rings is 2. The molecular weight excluding hydrogens is 434 g/mol. The summed E-state index contributed by atoms with van der Waals surface area (Å²) in [7, 11) is 0. The van der Waals surface area contributed by atoms with Gasteiger partial charge in [0.05, 0.1) is 22.5 Å². The van der Waals surface area contributed by atoms with Crippen LogP contribution in [0.4, 0.5) is 43.8 Å². The van der Waals surface area contributed by atoms with Crippen molar-refractivity contribution in [2.45, 2.75) is 38.7 Å². The van der Waals surface area contributed by atoms with Crippen LogP contribution >= 0.6 is 0 Å². The molecule has 3 aromatic rings. The van der Waals surface area contributed by atoms with Crippen LogP contribution in [0.5, 0.6) is 0 Å². The van der Waals surface area contributed by atoms with Crippen LogP contribution in [-0.2, 0) is 12.4 Å². The van der Waals surface area contributed by atoms with Gasteiger partial charge < -0.3 is 10.6 Å². The first-order valence-corrected chi connectivity index (χ1v) is 9.74. The SMILES string of the molecule is CC[C@@H](C)Nc1nc(Nc2ccc(C(F)(F)F)cc2C(F)(F)F)cc(-c2ccccc2)n1. The molecule has 0 aliphatic rings. The molecule has 32 heavy (non-hydrogen) atoms. The Hall–Kier alpha value is -3.30. The van der Waals surface area contributed by atoms with E-state index in [-0.39, 0.29) is 23.9 Å². The third-order valence-electron chi connectivity index (χ3n) is 4.70. The highest BCUT2D eigenvalue weighted by Crippen LogP contribution is 2.40. The summed E-state index contributed by atoms with van der Waals surface area (Å²) in [6.07, 6.45) is -9.16. The molecule has 0 bridgehead atoms. The van der Waals surface area contributed by atoms with E-state index in [0.29, 0.717) is 17.3 Å². The van der Waals surface area contributed by atoms with Gasteiger partial charge in [-0.2, -0.15) is 31.3 Å². The molecule has 1 aromatic heterocycles. The summed E-state index contributed by atoms with van der Waals surface area (Å²) in [6, 6.07) is 11.8. The molecule has 0 aliphatic heterocycles. The molecule has 0 aliphatic carbocycles. The van der Waals surface area contributed by atoms with Gasteiger partial charge in [-0.1, -0.05) is 37.3 Å². The highest BCUT2D eigenvalue weighted by molar-refractivity contribution is 5.69. The van der Waals surface area contributed by atoms with E-state index in [0.717, 1.165) is 12.5 Å².